The lowest BCUT2D eigenvalue weighted by Gasteiger charge is -2.15. The molecule has 0 bridgehead atoms. The third-order valence-electron chi connectivity index (χ3n) is 5.39. The van der Waals surface area contributed by atoms with Crippen LogP contribution in [0, 0.1) is 0 Å². The molecule has 0 aliphatic carbocycles. The van der Waals surface area contributed by atoms with Gasteiger partial charge in [0.25, 0.3) is 0 Å². The zero-order valence-electron chi connectivity index (χ0n) is 17.4. The summed E-state index contributed by atoms with van der Waals surface area (Å²) < 4.78 is 23.7. The molecule has 0 aliphatic heterocycles. The van der Waals surface area contributed by atoms with E-state index in [0.717, 1.165) is 18.4 Å². The topological polar surface area (TPSA) is 60.2 Å². The van der Waals surface area contributed by atoms with Gasteiger partial charge in [0.1, 0.15) is 5.25 Å². The number of primary sulfonamides is 1. The fourth-order valence-electron chi connectivity index (χ4n) is 3.71. The predicted octanol–water partition coefficient (Wildman–Crippen LogP) is 6.89. The molecular formula is C23H41NO2S. The quantitative estimate of drug-likeness (QED) is 0.292. The Labute approximate surface area is 168 Å². The molecule has 0 fully saturated rings. The Hall–Kier alpha value is -0.870. The van der Waals surface area contributed by atoms with E-state index < -0.39 is 15.3 Å². The van der Waals surface area contributed by atoms with Gasteiger partial charge in [-0.15, -0.1) is 0 Å². The molecule has 1 aromatic rings. The zero-order chi connectivity index (χ0) is 19.8. The van der Waals surface area contributed by atoms with E-state index in [2.05, 4.69) is 6.92 Å². The second-order valence-electron chi connectivity index (χ2n) is 7.87. The molecule has 1 aromatic carbocycles. The first-order valence-corrected chi connectivity index (χ1v) is 12.7. The van der Waals surface area contributed by atoms with E-state index in [4.69, 9.17) is 5.14 Å². The summed E-state index contributed by atoms with van der Waals surface area (Å²) in [6, 6.07) is 9.37. The summed E-state index contributed by atoms with van der Waals surface area (Å²) in [6.45, 7) is 2.27. The minimum atomic E-state index is -3.54. The van der Waals surface area contributed by atoms with Crippen molar-refractivity contribution >= 4 is 10.0 Å². The summed E-state index contributed by atoms with van der Waals surface area (Å²) in [5.41, 5.74) is 0.815. The Morgan fingerprint density at radius 2 is 1.11 bits per heavy atom. The maximum absolute atomic E-state index is 11.9. The number of unbranched alkanes of at least 4 members (excludes halogenated alkanes) is 13. The number of benzene rings is 1. The Kier molecular flexibility index (Phi) is 13.5. The van der Waals surface area contributed by atoms with Gasteiger partial charge in [-0.1, -0.05) is 127 Å². The highest BCUT2D eigenvalue weighted by atomic mass is 32.2. The second kappa shape index (κ2) is 15.1. The lowest BCUT2D eigenvalue weighted by molar-refractivity contribution is 0.527. The van der Waals surface area contributed by atoms with E-state index in [1.807, 2.05) is 30.3 Å². The first-order chi connectivity index (χ1) is 13.1. The molecule has 1 unspecified atom stereocenters. The van der Waals surface area contributed by atoms with Crippen LogP contribution in [0.15, 0.2) is 30.3 Å². The molecule has 0 heterocycles. The molecule has 1 rings (SSSR count). The minimum absolute atomic E-state index is 0.559. The van der Waals surface area contributed by atoms with Gasteiger partial charge in [0.05, 0.1) is 0 Å². The van der Waals surface area contributed by atoms with Crippen LogP contribution >= 0.6 is 0 Å². The Balaban J connectivity index is 2.01. The molecule has 0 radical (unpaired) electrons. The largest absolute Gasteiger partial charge is 0.228 e. The Bertz CT molecular complexity index is 557. The van der Waals surface area contributed by atoms with Crippen LogP contribution in [-0.2, 0) is 10.0 Å². The van der Waals surface area contributed by atoms with Crippen molar-refractivity contribution in [2.75, 3.05) is 0 Å². The standard InChI is InChI=1S/C23H41NO2S/c1-2-3-4-5-6-7-8-9-10-11-12-13-14-18-21-23(27(24,25)26)22-19-16-15-17-20-22/h15-17,19-20,23H,2-14,18,21H2,1H3,(H2,24,25,26). The minimum Gasteiger partial charge on any atom is -0.228 e. The summed E-state index contributed by atoms with van der Waals surface area (Å²) in [7, 11) is -3.54. The van der Waals surface area contributed by atoms with Gasteiger partial charge >= 0.3 is 0 Å². The number of nitrogens with two attached hydrogens (primary N) is 1. The van der Waals surface area contributed by atoms with Gasteiger partial charge < -0.3 is 0 Å². The van der Waals surface area contributed by atoms with E-state index in [1.165, 1.54) is 77.0 Å². The van der Waals surface area contributed by atoms with Crippen molar-refractivity contribution in [2.45, 2.75) is 108 Å². The van der Waals surface area contributed by atoms with Crippen LogP contribution in [0.25, 0.3) is 0 Å². The van der Waals surface area contributed by atoms with Gasteiger partial charge in [-0.3, -0.25) is 0 Å². The third kappa shape index (κ3) is 12.2. The molecule has 0 aromatic heterocycles. The maximum Gasteiger partial charge on any atom is 0.216 e. The molecule has 0 aliphatic rings. The van der Waals surface area contributed by atoms with Crippen molar-refractivity contribution in [1.29, 1.82) is 0 Å². The molecule has 0 spiro atoms. The normalized spacial score (nSPS) is 13.0. The number of hydrogen-bond acceptors (Lipinski definition) is 2. The lowest BCUT2D eigenvalue weighted by atomic mass is 10.0. The maximum atomic E-state index is 11.9. The van der Waals surface area contributed by atoms with Crippen molar-refractivity contribution in [1.82, 2.24) is 0 Å². The van der Waals surface area contributed by atoms with Crippen molar-refractivity contribution in [3.63, 3.8) is 0 Å². The van der Waals surface area contributed by atoms with E-state index in [9.17, 15) is 8.42 Å². The first-order valence-electron chi connectivity index (χ1n) is 11.1. The molecule has 27 heavy (non-hydrogen) atoms. The van der Waals surface area contributed by atoms with E-state index in [-0.39, 0.29) is 0 Å². The van der Waals surface area contributed by atoms with E-state index in [0.29, 0.717) is 6.42 Å². The Morgan fingerprint density at radius 1 is 0.704 bits per heavy atom. The summed E-state index contributed by atoms with van der Waals surface area (Å²) >= 11 is 0. The van der Waals surface area contributed by atoms with Crippen molar-refractivity contribution < 1.29 is 8.42 Å². The highest BCUT2D eigenvalue weighted by Gasteiger charge is 2.22. The molecule has 2 N–H and O–H groups in total. The van der Waals surface area contributed by atoms with Crippen LogP contribution in [0.1, 0.15) is 114 Å². The van der Waals surface area contributed by atoms with E-state index in [1.54, 1.807) is 0 Å². The van der Waals surface area contributed by atoms with Crippen LogP contribution in [0.5, 0.6) is 0 Å². The predicted molar refractivity (Wildman–Crippen MR) is 117 cm³/mol. The third-order valence-corrected chi connectivity index (χ3v) is 6.69. The van der Waals surface area contributed by atoms with Crippen LogP contribution in [0.2, 0.25) is 0 Å². The van der Waals surface area contributed by atoms with Crippen LogP contribution in [0.4, 0.5) is 0 Å². The highest BCUT2D eigenvalue weighted by molar-refractivity contribution is 7.89. The van der Waals surface area contributed by atoms with Gasteiger partial charge in [-0.25, -0.2) is 13.6 Å². The molecular weight excluding hydrogens is 354 g/mol. The average molecular weight is 396 g/mol. The van der Waals surface area contributed by atoms with Gasteiger partial charge in [0.2, 0.25) is 10.0 Å². The van der Waals surface area contributed by atoms with Gasteiger partial charge in [-0.2, -0.15) is 0 Å². The first kappa shape index (κ1) is 24.2. The number of hydrogen-bond donors (Lipinski definition) is 1. The van der Waals surface area contributed by atoms with Gasteiger partial charge in [0.15, 0.2) is 0 Å². The van der Waals surface area contributed by atoms with Gasteiger partial charge in [0, 0.05) is 0 Å². The van der Waals surface area contributed by atoms with Crippen molar-refractivity contribution in [2.24, 2.45) is 5.14 Å². The summed E-state index contributed by atoms with van der Waals surface area (Å²) in [5.74, 6) is 0. The fraction of sp³-hybridized carbons (Fsp3) is 0.739. The molecule has 0 amide bonds. The van der Waals surface area contributed by atoms with E-state index >= 15 is 0 Å². The summed E-state index contributed by atoms with van der Waals surface area (Å²) in [5, 5.41) is 4.88. The highest BCUT2D eigenvalue weighted by Crippen LogP contribution is 2.26. The van der Waals surface area contributed by atoms with Crippen LogP contribution < -0.4 is 5.14 Å². The van der Waals surface area contributed by atoms with Crippen molar-refractivity contribution in [3.8, 4) is 0 Å². The fourth-order valence-corrected chi connectivity index (χ4v) is 4.74. The van der Waals surface area contributed by atoms with Crippen LogP contribution in [0.3, 0.4) is 0 Å². The summed E-state index contributed by atoms with van der Waals surface area (Å²) in [4.78, 5) is 0. The average Bonchev–Trinajstić information content (AvgIpc) is 2.64. The molecule has 3 nitrogen and oxygen atoms in total. The smallest absolute Gasteiger partial charge is 0.216 e. The molecule has 156 valence electrons. The SMILES string of the molecule is CCCCCCCCCCCCCCCCC(c1ccccc1)S(N)(=O)=O. The van der Waals surface area contributed by atoms with Crippen molar-refractivity contribution in [3.05, 3.63) is 35.9 Å². The number of sulfonamides is 1. The monoisotopic (exact) mass is 395 g/mol. The summed E-state index contributed by atoms with van der Waals surface area (Å²) in [6.07, 6.45) is 18.9. The molecule has 4 heteroatoms. The second-order valence-corrected chi connectivity index (χ2v) is 9.62. The Morgan fingerprint density at radius 3 is 1.52 bits per heavy atom. The lowest BCUT2D eigenvalue weighted by Crippen LogP contribution is -2.21. The van der Waals surface area contributed by atoms with Crippen LogP contribution in [-0.4, -0.2) is 8.42 Å². The molecule has 0 saturated carbocycles. The zero-order valence-corrected chi connectivity index (χ0v) is 18.2. The molecule has 0 saturated heterocycles. The van der Waals surface area contributed by atoms with Gasteiger partial charge in [-0.05, 0) is 12.0 Å². The molecule has 1 atom stereocenters. The number of rotatable bonds is 17.